The molecule has 2 amide bonds. The van der Waals surface area contributed by atoms with Gasteiger partial charge in [0.15, 0.2) is 0 Å². The molecule has 0 bridgehead atoms. The third kappa shape index (κ3) is 3.53. The number of hydrogen-bond acceptors (Lipinski definition) is 3. The molecule has 5 heteroatoms. The monoisotopic (exact) mass is 388 g/mol. The van der Waals surface area contributed by atoms with E-state index in [1.165, 1.54) is 11.8 Å². The molecule has 0 N–H and O–H groups in total. The van der Waals surface area contributed by atoms with Crippen LogP contribution in [0, 0.1) is 0 Å². The molecular formula is C23H20N2O2S. The normalized spacial score (nSPS) is 13.2. The summed E-state index contributed by atoms with van der Waals surface area (Å²) in [4.78, 5) is 29.8. The summed E-state index contributed by atoms with van der Waals surface area (Å²) >= 11 is 1.52. The first-order valence-corrected chi connectivity index (χ1v) is 10.1. The highest BCUT2D eigenvalue weighted by molar-refractivity contribution is 8.00. The molecular weight excluding hydrogens is 368 g/mol. The number of para-hydroxylation sites is 2. The zero-order valence-electron chi connectivity index (χ0n) is 15.5. The van der Waals surface area contributed by atoms with Crippen LogP contribution in [-0.4, -0.2) is 31.2 Å². The van der Waals surface area contributed by atoms with Gasteiger partial charge >= 0.3 is 0 Å². The highest BCUT2D eigenvalue weighted by Gasteiger charge is 2.28. The molecule has 0 aromatic heterocycles. The zero-order chi connectivity index (χ0) is 19.5. The van der Waals surface area contributed by atoms with E-state index in [0.717, 1.165) is 27.4 Å². The van der Waals surface area contributed by atoms with Crippen molar-refractivity contribution in [2.75, 3.05) is 29.1 Å². The Morgan fingerprint density at radius 2 is 1.64 bits per heavy atom. The molecule has 0 unspecified atom stereocenters. The van der Waals surface area contributed by atoms with Crippen LogP contribution in [0.5, 0.6) is 0 Å². The molecule has 28 heavy (non-hydrogen) atoms. The number of hydrogen-bond donors (Lipinski definition) is 0. The quantitative estimate of drug-likeness (QED) is 0.663. The number of anilines is 2. The van der Waals surface area contributed by atoms with Crippen molar-refractivity contribution in [2.24, 2.45) is 0 Å². The van der Waals surface area contributed by atoms with Gasteiger partial charge in [0.1, 0.15) is 6.54 Å². The lowest BCUT2D eigenvalue weighted by Crippen LogP contribution is -2.44. The summed E-state index contributed by atoms with van der Waals surface area (Å²) in [6.45, 7) is 0.0238. The summed E-state index contributed by atoms with van der Waals surface area (Å²) in [5.41, 5.74) is 3.67. The number of amides is 2. The predicted octanol–water partition coefficient (Wildman–Crippen LogP) is 4.46. The zero-order valence-corrected chi connectivity index (χ0v) is 16.4. The van der Waals surface area contributed by atoms with Gasteiger partial charge in [-0.1, -0.05) is 60.7 Å². The van der Waals surface area contributed by atoms with Gasteiger partial charge in [0.05, 0.1) is 17.1 Å². The van der Waals surface area contributed by atoms with Crippen LogP contribution in [0.2, 0.25) is 0 Å². The van der Waals surface area contributed by atoms with Crippen molar-refractivity contribution in [3.63, 3.8) is 0 Å². The van der Waals surface area contributed by atoms with E-state index in [0.29, 0.717) is 5.75 Å². The van der Waals surface area contributed by atoms with Crippen molar-refractivity contribution in [3.8, 4) is 11.1 Å². The molecule has 0 radical (unpaired) electrons. The summed E-state index contributed by atoms with van der Waals surface area (Å²) < 4.78 is 0. The number of thioether (sulfide) groups is 1. The van der Waals surface area contributed by atoms with E-state index < -0.39 is 0 Å². The van der Waals surface area contributed by atoms with E-state index >= 15 is 0 Å². The molecule has 0 saturated heterocycles. The van der Waals surface area contributed by atoms with Crippen LogP contribution in [0.3, 0.4) is 0 Å². The van der Waals surface area contributed by atoms with E-state index in [1.54, 1.807) is 16.8 Å². The Labute approximate surface area is 168 Å². The van der Waals surface area contributed by atoms with Gasteiger partial charge in [0.2, 0.25) is 11.8 Å². The summed E-state index contributed by atoms with van der Waals surface area (Å²) in [6.07, 6.45) is 0. The number of rotatable bonds is 4. The summed E-state index contributed by atoms with van der Waals surface area (Å²) in [5, 5.41) is 0. The molecule has 140 valence electrons. The Morgan fingerprint density at radius 3 is 2.46 bits per heavy atom. The Balaban J connectivity index is 1.61. The van der Waals surface area contributed by atoms with Gasteiger partial charge in [-0.25, -0.2) is 0 Å². The average molecular weight is 388 g/mol. The van der Waals surface area contributed by atoms with Crippen molar-refractivity contribution < 1.29 is 9.59 Å². The number of likely N-dealkylation sites (N-methyl/N-ethyl adjacent to an activating group) is 1. The van der Waals surface area contributed by atoms with Crippen molar-refractivity contribution in [1.29, 1.82) is 0 Å². The van der Waals surface area contributed by atoms with E-state index in [9.17, 15) is 9.59 Å². The SMILES string of the molecule is CN(C(=O)CN1C(=O)CSc2ccccc21)c1ccccc1-c1ccccc1. The minimum atomic E-state index is -0.126. The highest BCUT2D eigenvalue weighted by atomic mass is 32.2. The maximum absolute atomic E-state index is 13.1. The van der Waals surface area contributed by atoms with Crippen molar-refractivity contribution in [1.82, 2.24) is 0 Å². The molecule has 4 rings (SSSR count). The molecule has 0 aliphatic carbocycles. The van der Waals surface area contributed by atoms with Crippen LogP contribution < -0.4 is 9.80 Å². The second-order valence-electron chi connectivity index (χ2n) is 6.57. The topological polar surface area (TPSA) is 40.6 Å². The van der Waals surface area contributed by atoms with E-state index in [4.69, 9.17) is 0 Å². The fourth-order valence-corrected chi connectivity index (χ4v) is 4.27. The summed E-state index contributed by atoms with van der Waals surface area (Å²) in [7, 11) is 1.76. The number of benzene rings is 3. The molecule has 1 aliphatic rings. The fraction of sp³-hybridized carbons (Fsp3) is 0.130. The van der Waals surface area contributed by atoms with Gasteiger partial charge < -0.3 is 9.80 Å². The fourth-order valence-electron chi connectivity index (χ4n) is 3.33. The first kappa shape index (κ1) is 18.3. The summed E-state index contributed by atoms with van der Waals surface area (Å²) in [5.74, 6) is 0.189. The van der Waals surface area contributed by atoms with Gasteiger partial charge in [-0.2, -0.15) is 0 Å². The molecule has 4 nitrogen and oxygen atoms in total. The van der Waals surface area contributed by atoms with E-state index in [-0.39, 0.29) is 18.4 Å². The second kappa shape index (κ2) is 7.90. The minimum Gasteiger partial charge on any atom is -0.313 e. The Kier molecular flexibility index (Phi) is 5.17. The first-order chi connectivity index (χ1) is 13.6. The smallest absolute Gasteiger partial charge is 0.246 e. The molecule has 0 spiro atoms. The van der Waals surface area contributed by atoms with E-state index in [1.807, 2.05) is 78.9 Å². The van der Waals surface area contributed by atoms with Gasteiger partial charge in [-0.15, -0.1) is 11.8 Å². The molecule has 3 aromatic carbocycles. The van der Waals surface area contributed by atoms with Crippen LogP contribution >= 0.6 is 11.8 Å². The average Bonchev–Trinajstić information content (AvgIpc) is 2.75. The number of nitrogens with zero attached hydrogens (tertiary/aromatic N) is 2. The lowest BCUT2D eigenvalue weighted by Gasteiger charge is -2.30. The molecule has 1 aliphatic heterocycles. The predicted molar refractivity (Wildman–Crippen MR) is 115 cm³/mol. The van der Waals surface area contributed by atoms with Crippen LogP contribution in [0.1, 0.15) is 0 Å². The molecule has 1 heterocycles. The standard InChI is InChI=1S/C23H20N2O2S/c1-24(19-12-6-5-11-18(19)17-9-3-2-4-10-17)22(26)15-25-20-13-7-8-14-21(20)28-16-23(25)27/h2-14H,15-16H2,1H3. The van der Waals surface area contributed by atoms with Gasteiger partial charge in [0, 0.05) is 17.5 Å². The minimum absolute atomic E-state index is 0.0238. The van der Waals surface area contributed by atoms with E-state index in [2.05, 4.69) is 0 Å². The Bertz CT molecular complexity index is 1020. The van der Waals surface area contributed by atoms with Gasteiger partial charge in [-0.05, 0) is 23.8 Å². The van der Waals surface area contributed by atoms with Crippen LogP contribution in [0.4, 0.5) is 11.4 Å². The molecule has 3 aromatic rings. The molecule has 0 fully saturated rings. The lowest BCUT2D eigenvalue weighted by atomic mass is 10.0. The Hall–Kier alpha value is -3.05. The highest BCUT2D eigenvalue weighted by Crippen LogP contribution is 2.35. The largest absolute Gasteiger partial charge is 0.313 e. The maximum atomic E-state index is 13.1. The van der Waals surface area contributed by atoms with Crippen molar-refractivity contribution >= 4 is 35.0 Å². The molecule has 0 saturated carbocycles. The number of fused-ring (bicyclic) bond motifs is 1. The van der Waals surface area contributed by atoms with Gasteiger partial charge in [-0.3, -0.25) is 9.59 Å². The number of carbonyl (C=O) groups is 2. The van der Waals surface area contributed by atoms with Crippen molar-refractivity contribution in [2.45, 2.75) is 4.90 Å². The lowest BCUT2D eigenvalue weighted by molar-refractivity contribution is -0.121. The van der Waals surface area contributed by atoms with Gasteiger partial charge in [0.25, 0.3) is 0 Å². The first-order valence-electron chi connectivity index (χ1n) is 9.08. The second-order valence-corrected chi connectivity index (χ2v) is 7.59. The Morgan fingerprint density at radius 1 is 0.964 bits per heavy atom. The summed E-state index contributed by atoms with van der Waals surface area (Å²) in [6, 6.07) is 25.5. The third-order valence-electron chi connectivity index (χ3n) is 4.83. The molecule has 0 atom stereocenters. The van der Waals surface area contributed by atoms with Crippen LogP contribution in [0.15, 0.2) is 83.8 Å². The van der Waals surface area contributed by atoms with Crippen molar-refractivity contribution in [3.05, 3.63) is 78.9 Å². The third-order valence-corrected chi connectivity index (χ3v) is 5.87. The maximum Gasteiger partial charge on any atom is 0.246 e. The number of carbonyl (C=O) groups excluding carboxylic acids is 2. The van der Waals surface area contributed by atoms with Crippen LogP contribution in [-0.2, 0) is 9.59 Å². The van der Waals surface area contributed by atoms with Crippen LogP contribution in [0.25, 0.3) is 11.1 Å².